The van der Waals surface area contributed by atoms with Gasteiger partial charge in [-0.05, 0) is 43.8 Å². The van der Waals surface area contributed by atoms with Gasteiger partial charge in [-0.3, -0.25) is 19.7 Å². The molecule has 1 fully saturated rings. The van der Waals surface area contributed by atoms with Crippen LogP contribution in [-0.4, -0.2) is 73.4 Å². The predicted octanol–water partition coefficient (Wildman–Crippen LogP) is 1.65. The van der Waals surface area contributed by atoms with Crippen LogP contribution in [0.5, 0.6) is 5.75 Å². The van der Waals surface area contributed by atoms with Crippen molar-refractivity contribution in [2.24, 2.45) is 0 Å². The molecule has 0 aliphatic carbocycles. The second-order valence-electron chi connectivity index (χ2n) is 7.11. The Bertz CT molecular complexity index is 804. The maximum Gasteiger partial charge on any atom is 0.308 e. The average Bonchev–Trinajstić information content (AvgIpc) is 2.78. The first-order chi connectivity index (χ1) is 15.5. The maximum absolute atomic E-state index is 12.7. The number of amides is 2. The number of rotatable bonds is 11. The van der Waals surface area contributed by atoms with Crippen LogP contribution >= 0.6 is 12.2 Å². The lowest BCUT2D eigenvalue weighted by Crippen LogP contribution is -2.60. The minimum atomic E-state index is -0.834. The molecule has 1 aliphatic heterocycles. The van der Waals surface area contributed by atoms with Crippen LogP contribution in [0.15, 0.2) is 24.3 Å². The number of piperazine rings is 1. The monoisotopic (exact) mass is 465 g/mol. The van der Waals surface area contributed by atoms with E-state index in [1.54, 1.807) is 29.2 Å². The molecule has 2 amide bonds. The summed E-state index contributed by atoms with van der Waals surface area (Å²) in [6, 6.07) is 5.86. The molecule has 1 saturated heterocycles. The molecule has 1 aliphatic rings. The molecule has 32 heavy (non-hydrogen) atoms. The van der Waals surface area contributed by atoms with Crippen LogP contribution in [0.2, 0.25) is 0 Å². The molecule has 0 radical (unpaired) electrons. The molecule has 1 unspecified atom stereocenters. The fourth-order valence-corrected chi connectivity index (χ4v) is 3.35. The zero-order valence-electron chi connectivity index (χ0n) is 18.6. The summed E-state index contributed by atoms with van der Waals surface area (Å²) in [7, 11) is 0. The van der Waals surface area contributed by atoms with Crippen molar-refractivity contribution < 1.29 is 28.6 Å². The number of thiocarbonyl (C=S) groups is 1. The van der Waals surface area contributed by atoms with E-state index in [0.29, 0.717) is 50.8 Å². The van der Waals surface area contributed by atoms with Gasteiger partial charge in [0.05, 0.1) is 19.6 Å². The van der Waals surface area contributed by atoms with Gasteiger partial charge in [-0.25, -0.2) is 0 Å². The van der Waals surface area contributed by atoms with E-state index in [0.717, 1.165) is 12.8 Å². The van der Waals surface area contributed by atoms with E-state index >= 15 is 0 Å². The van der Waals surface area contributed by atoms with Crippen molar-refractivity contribution in [3.05, 3.63) is 29.8 Å². The smallest absolute Gasteiger partial charge is 0.308 e. The number of benzene rings is 1. The van der Waals surface area contributed by atoms with Gasteiger partial charge < -0.3 is 24.4 Å². The zero-order chi connectivity index (χ0) is 23.3. The van der Waals surface area contributed by atoms with Gasteiger partial charge >= 0.3 is 5.97 Å². The van der Waals surface area contributed by atoms with Gasteiger partial charge in [0.15, 0.2) is 5.11 Å². The number of ether oxygens (including phenoxy) is 3. The molecular formula is C22H31N3O6S. The fraction of sp³-hybridized carbons (Fsp3) is 0.545. The standard InChI is InChI=1S/C22H31N3O6S/c1-3-5-11-31-19(26)15-18-21(28)23-9-10-25(18)22(32)24-20(27)16-7-6-8-17(14-16)30-13-12-29-4-2/h6-8,14,18H,3-5,9-13,15H2,1-2H3,(H,23,28)(H,24,27,32). The van der Waals surface area contributed by atoms with Gasteiger partial charge in [0.1, 0.15) is 18.4 Å². The van der Waals surface area contributed by atoms with Gasteiger partial charge in [-0.1, -0.05) is 19.4 Å². The Labute approximate surface area is 193 Å². The van der Waals surface area contributed by atoms with Gasteiger partial charge in [-0.15, -0.1) is 0 Å². The number of esters is 1. The summed E-state index contributed by atoms with van der Waals surface area (Å²) in [5, 5.41) is 5.46. The summed E-state index contributed by atoms with van der Waals surface area (Å²) in [5.41, 5.74) is 0.359. The molecule has 1 aromatic rings. The van der Waals surface area contributed by atoms with Crippen LogP contribution < -0.4 is 15.4 Å². The molecule has 0 bridgehead atoms. The number of nitrogens with zero attached hydrogens (tertiary/aromatic N) is 1. The van der Waals surface area contributed by atoms with E-state index < -0.39 is 17.9 Å². The number of carbonyl (C=O) groups is 3. The van der Waals surface area contributed by atoms with Crippen LogP contribution in [-0.2, 0) is 19.1 Å². The molecule has 0 spiro atoms. The number of unbranched alkanes of at least 4 members (excludes halogenated alkanes) is 1. The van der Waals surface area contributed by atoms with E-state index in [2.05, 4.69) is 10.6 Å². The Morgan fingerprint density at radius 1 is 1.25 bits per heavy atom. The summed E-state index contributed by atoms with van der Waals surface area (Å²) < 4.78 is 16.0. The van der Waals surface area contributed by atoms with Crippen LogP contribution in [0.3, 0.4) is 0 Å². The first kappa shape index (κ1) is 25.5. The van der Waals surface area contributed by atoms with Gasteiger partial charge in [0, 0.05) is 25.3 Å². The Morgan fingerprint density at radius 3 is 2.81 bits per heavy atom. The van der Waals surface area contributed by atoms with Crippen molar-refractivity contribution in [1.82, 2.24) is 15.5 Å². The summed E-state index contributed by atoms with van der Waals surface area (Å²) >= 11 is 5.39. The molecule has 2 rings (SSSR count). The highest BCUT2D eigenvalue weighted by atomic mass is 32.1. The first-order valence-electron chi connectivity index (χ1n) is 10.8. The van der Waals surface area contributed by atoms with Crippen molar-refractivity contribution in [1.29, 1.82) is 0 Å². The predicted molar refractivity (Wildman–Crippen MR) is 122 cm³/mol. The summed E-state index contributed by atoms with van der Waals surface area (Å²) in [4.78, 5) is 38.8. The normalized spacial score (nSPS) is 15.6. The molecule has 0 aromatic heterocycles. The molecule has 1 atom stereocenters. The number of nitrogens with one attached hydrogen (secondary N) is 2. The summed E-state index contributed by atoms with van der Waals surface area (Å²) in [6.07, 6.45) is 1.52. The second-order valence-corrected chi connectivity index (χ2v) is 7.50. The van der Waals surface area contributed by atoms with Crippen LogP contribution in [0.1, 0.15) is 43.5 Å². The summed E-state index contributed by atoms with van der Waals surface area (Å²) in [5.74, 6) is -0.699. The number of hydrogen-bond donors (Lipinski definition) is 2. The van der Waals surface area contributed by atoms with E-state index in [1.807, 2.05) is 13.8 Å². The second kappa shape index (κ2) is 13.6. The molecule has 1 heterocycles. The third-order valence-corrected chi connectivity index (χ3v) is 5.07. The molecule has 1 aromatic carbocycles. The Balaban J connectivity index is 1.97. The van der Waals surface area contributed by atoms with Crippen LogP contribution in [0, 0.1) is 0 Å². The van der Waals surface area contributed by atoms with E-state index in [-0.39, 0.29) is 17.4 Å². The highest BCUT2D eigenvalue weighted by molar-refractivity contribution is 7.80. The lowest BCUT2D eigenvalue weighted by Gasteiger charge is -2.36. The molecule has 2 N–H and O–H groups in total. The fourth-order valence-electron chi connectivity index (χ4n) is 3.04. The Kier molecular flexibility index (Phi) is 10.9. The molecule has 176 valence electrons. The molecule has 10 heteroatoms. The quantitative estimate of drug-likeness (QED) is 0.289. The Hall–Kier alpha value is -2.72. The van der Waals surface area contributed by atoms with E-state index in [1.165, 1.54) is 0 Å². The lowest BCUT2D eigenvalue weighted by molar-refractivity contribution is -0.147. The van der Waals surface area contributed by atoms with Gasteiger partial charge in [-0.2, -0.15) is 0 Å². The van der Waals surface area contributed by atoms with Crippen molar-refractivity contribution in [2.45, 2.75) is 39.2 Å². The van der Waals surface area contributed by atoms with Crippen LogP contribution in [0.25, 0.3) is 0 Å². The molecule has 0 saturated carbocycles. The van der Waals surface area contributed by atoms with Crippen LogP contribution in [0.4, 0.5) is 0 Å². The maximum atomic E-state index is 12.7. The number of hydrogen-bond acceptors (Lipinski definition) is 7. The van der Waals surface area contributed by atoms with Crippen molar-refractivity contribution in [3.63, 3.8) is 0 Å². The average molecular weight is 466 g/mol. The van der Waals surface area contributed by atoms with Crippen molar-refractivity contribution in [2.75, 3.05) is 39.5 Å². The highest BCUT2D eigenvalue weighted by Crippen LogP contribution is 2.15. The van der Waals surface area contributed by atoms with E-state index in [9.17, 15) is 14.4 Å². The van der Waals surface area contributed by atoms with Crippen molar-refractivity contribution in [3.8, 4) is 5.75 Å². The lowest BCUT2D eigenvalue weighted by atomic mass is 10.1. The summed E-state index contributed by atoms with van der Waals surface area (Å²) in [6.45, 7) is 6.38. The van der Waals surface area contributed by atoms with E-state index in [4.69, 9.17) is 26.4 Å². The zero-order valence-corrected chi connectivity index (χ0v) is 19.4. The van der Waals surface area contributed by atoms with Gasteiger partial charge in [0.2, 0.25) is 5.91 Å². The van der Waals surface area contributed by atoms with Crippen molar-refractivity contribution >= 4 is 35.1 Å². The third kappa shape index (κ3) is 8.08. The molecular weight excluding hydrogens is 434 g/mol. The molecule has 9 nitrogen and oxygen atoms in total. The Morgan fingerprint density at radius 2 is 2.06 bits per heavy atom. The topological polar surface area (TPSA) is 106 Å². The minimum Gasteiger partial charge on any atom is -0.491 e. The number of carbonyl (C=O) groups excluding carboxylic acids is 3. The SMILES string of the molecule is CCCCOC(=O)CC1C(=O)NCCN1C(=S)NC(=O)c1cccc(OCCOCC)c1. The highest BCUT2D eigenvalue weighted by Gasteiger charge is 2.34. The van der Waals surface area contributed by atoms with Gasteiger partial charge in [0.25, 0.3) is 5.91 Å². The first-order valence-corrected chi connectivity index (χ1v) is 11.2. The largest absolute Gasteiger partial charge is 0.491 e. The minimum absolute atomic E-state index is 0.0823. The third-order valence-electron chi connectivity index (χ3n) is 4.73.